The van der Waals surface area contributed by atoms with Crippen molar-refractivity contribution in [2.45, 2.75) is 6.54 Å². The fourth-order valence-corrected chi connectivity index (χ4v) is 1.82. The molecule has 0 saturated heterocycles. The maximum atomic E-state index is 10.7. The third kappa shape index (κ3) is 2.71. The van der Waals surface area contributed by atoms with E-state index in [2.05, 4.69) is 30.8 Å². The van der Waals surface area contributed by atoms with Crippen molar-refractivity contribution in [3.8, 4) is 0 Å². The van der Waals surface area contributed by atoms with E-state index >= 15 is 0 Å². The molecule has 0 atom stereocenters. The van der Waals surface area contributed by atoms with Crippen LogP contribution in [0.1, 0.15) is 5.56 Å². The Hall–Kier alpha value is -3.23. The van der Waals surface area contributed by atoms with Crippen LogP contribution in [0.4, 0.5) is 16.6 Å². The molecule has 3 aromatic rings. The number of aromatic nitrogens is 5. The zero-order valence-electron chi connectivity index (χ0n) is 10.8. The third-order valence-corrected chi connectivity index (χ3v) is 2.76. The fraction of sp³-hybridized carbons (Fsp3) is 0.0833. The molecule has 3 heterocycles. The number of pyridine rings is 1. The Bertz CT molecular complexity index is 772. The summed E-state index contributed by atoms with van der Waals surface area (Å²) >= 11 is 0. The van der Waals surface area contributed by atoms with Crippen molar-refractivity contribution < 1.29 is 9.90 Å². The zero-order valence-corrected chi connectivity index (χ0v) is 10.8. The largest absolute Gasteiger partial charge is 0.465 e. The molecule has 1 amide bonds. The summed E-state index contributed by atoms with van der Waals surface area (Å²) in [5.74, 6) is 0.632. The summed E-state index contributed by atoms with van der Waals surface area (Å²) in [6.07, 6.45) is 5.33. The average Bonchev–Trinajstić information content (AvgIpc) is 2.89. The molecule has 0 aromatic carbocycles. The average molecular weight is 285 g/mol. The van der Waals surface area contributed by atoms with E-state index in [0.29, 0.717) is 18.0 Å². The number of amides is 1. The number of carbonyl (C=O) groups is 1. The molecule has 0 fully saturated rings. The van der Waals surface area contributed by atoms with Crippen LogP contribution >= 0.6 is 0 Å². The normalized spacial score (nSPS) is 10.5. The molecule has 3 aromatic heterocycles. The number of carboxylic acid groups (broad SMARTS) is 1. The topological polar surface area (TPSA) is 117 Å². The highest BCUT2D eigenvalue weighted by Gasteiger charge is 2.11. The first-order valence-electron chi connectivity index (χ1n) is 6.06. The van der Waals surface area contributed by atoms with Gasteiger partial charge in [-0.15, -0.1) is 10.2 Å². The number of hydrogen-bond donors (Lipinski definition) is 3. The van der Waals surface area contributed by atoms with Gasteiger partial charge in [-0.3, -0.25) is 14.7 Å². The number of anilines is 2. The Kier molecular flexibility index (Phi) is 3.29. The molecule has 3 rings (SSSR count). The Balaban J connectivity index is 1.86. The second-order valence-corrected chi connectivity index (χ2v) is 4.13. The first-order chi connectivity index (χ1) is 10.2. The van der Waals surface area contributed by atoms with Gasteiger partial charge in [0.2, 0.25) is 11.6 Å². The van der Waals surface area contributed by atoms with Gasteiger partial charge in [-0.25, -0.2) is 9.78 Å². The molecule has 0 aliphatic rings. The van der Waals surface area contributed by atoms with Crippen molar-refractivity contribution in [1.82, 2.24) is 24.6 Å². The van der Waals surface area contributed by atoms with Crippen molar-refractivity contribution >= 4 is 23.5 Å². The van der Waals surface area contributed by atoms with E-state index in [4.69, 9.17) is 5.11 Å². The third-order valence-electron chi connectivity index (χ3n) is 2.76. The molecular weight excluding hydrogens is 274 g/mol. The van der Waals surface area contributed by atoms with Crippen molar-refractivity contribution in [3.63, 3.8) is 0 Å². The lowest BCUT2D eigenvalue weighted by Crippen LogP contribution is -2.10. The maximum Gasteiger partial charge on any atom is 0.411 e. The Labute approximate surface area is 118 Å². The molecule has 0 unspecified atom stereocenters. The van der Waals surface area contributed by atoms with Crippen LogP contribution < -0.4 is 10.6 Å². The SMILES string of the molecule is O=C(O)Nc1nnc2c(NCc3ccncc3)nccn12. The van der Waals surface area contributed by atoms with E-state index in [0.717, 1.165) is 5.56 Å². The molecule has 0 saturated carbocycles. The lowest BCUT2D eigenvalue weighted by atomic mass is 10.3. The molecular formula is C12H11N7O2. The summed E-state index contributed by atoms with van der Waals surface area (Å²) in [7, 11) is 0. The Morgan fingerprint density at radius 1 is 1.24 bits per heavy atom. The van der Waals surface area contributed by atoms with Crippen LogP contribution in [0.5, 0.6) is 0 Å². The van der Waals surface area contributed by atoms with Gasteiger partial charge in [0.05, 0.1) is 0 Å². The quantitative estimate of drug-likeness (QED) is 0.659. The summed E-state index contributed by atoms with van der Waals surface area (Å²) in [6.45, 7) is 0.545. The van der Waals surface area contributed by atoms with Crippen molar-refractivity contribution in [2.24, 2.45) is 0 Å². The van der Waals surface area contributed by atoms with E-state index in [9.17, 15) is 4.79 Å². The molecule has 106 valence electrons. The maximum absolute atomic E-state index is 10.7. The van der Waals surface area contributed by atoms with E-state index in [1.807, 2.05) is 12.1 Å². The van der Waals surface area contributed by atoms with Crippen LogP contribution in [0.3, 0.4) is 0 Å². The molecule has 0 aliphatic heterocycles. The van der Waals surface area contributed by atoms with Gasteiger partial charge in [-0.1, -0.05) is 0 Å². The number of nitrogens with one attached hydrogen (secondary N) is 2. The molecule has 9 nitrogen and oxygen atoms in total. The second-order valence-electron chi connectivity index (χ2n) is 4.13. The number of nitrogens with zero attached hydrogens (tertiary/aromatic N) is 5. The van der Waals surface area contributed by atoms with Gasteiger partial charge in [0.1, 0.15) is 0 Å². The minimum Gasteiger partial charge on any atom is -0.465 e. The summed E-state index contributed by atoms with van der Waals surface area (Å²) in [6, 6.07) is 3.77. The van der Waals surface area contributed by atoms with E-state index in [-0.39, 0.29) is 5.95 Å². The zero-order chi connectivity index (χ0) is 14.7. The summed E-state index contributed by atoms with van der Waals surface area (Å²) in [5.41, 5.74) is 1.48. The molecule has 0 spiro atoms. The summed E-state index contributed by atoms with van der Waals surface area (Å²) in [4.78, 5) is 18.8. The Morgan fingerprint density at radius 2 is 2.05 bits per heavy atom. The van der Waals surface area contributed by atoms with E-state index in [1.54, 1.807) is 18.6 Å². The highest BCUT2D eigenvalue weighted by Crippen LogP contribution is 2.15. The molecule has 9 heteroatoms. The molecule has 3 N–H and O–H groups in total. The lowest BCUT2D eigenvalue weighted by molar-refractivity contribution is 0.209. The molecule has 0 radical (unpaired) electrons. The Morgan fingerprint density at radius 3 is 2.81 bits per heavy atom. The summed E-state index contributed by atoms with van der Waals surface area (Å²) < 4.78 is 1.51. The minimum absolute atomic E-state index is 0.117. The molecule has 0 bridgehead atoms. The van der Waals surface area contributed by atoms with E-state index < -0.39 is 6.09 Å². The first kappa shape index (κ1) is 12.8. The number of hydrogen-bond acceptors (Lipinski definition) is 6. The summed E-state index contributed by atoms with van der Waals surface area (Å²) in [5, 5.41) is 21.8. The van der Waals surface area contributed by atoms with Crippen LogP contribution in [-0.2, 0) is 6.54 Å². The van der Waals surface area contributed by atoms with Crippen LogP contribution in [0.2, 0.25) is 0 Å². The van der Waals surface area contributed by atoms with Gasteiger partial charge in [-0.05, 0) is 17.7 Å². The monoisotopic (exact) mass is 285 g/mol. The fourth-order valence-electron chi connectivity index (χ4n) is 1.82. The molecule has 21 heavy (non-hydrogen) atoms. The first-order valence-corrected chi connectivity index (χ1v) is 6.06. The van der Waals surface area contributed by atoms with Crippen molar-refractivity contribution in [2.75, 3.05) is 10.6 Å². The minimum atomic E-state index is -1.20. The predicted octanol–water partition coefficient (Wildman–Crippen LogP) is 1.22. The highest BCUT2D eigenvalue weighted by atomic mass is 16.4. The van der Waals surface area contributed by atoms with Gasteiger partial charge in [0.25, 0.3) is 0 Å². The van der Waals surface area contributed by atoms with Crippen molar-refractivity contribution in [1.29, 1.82) is 0 Å². The predicted molar refractivity (Wildman–Crippen MR) is 74.0 cm³/mol. The van der Waals surface area contributed by atoms with Gasteiger partial charge >= 0.3 is 6.09 Å². The molecule has 0 aliphatic carbocycles. The van der Waals surface area contributed by atoms with Gasteiger partial charge in [0.15, 0.2) is 5.82 Å². The smallest absolute Gasteiger partial charge is 0.411 e. The van der Waals surface area contributed by atoms with Crippen molar-refractivity contribution in [3.05, 3.63) is 42.5 Å². The van der Waals surface area contributed by atoms with Crippen LogP contribution in [0.15, 0.2) is 36.9 Å². The number of fused-ring (bicyclic) bond motifs is 1. The lowest BCUT2D eigenvalue weighted by Gasteiger charge is -2.06. The van der Waals surface area contributed by atoms with Gasteiger partial charge in [0, 0.05) is 31.3 Å². The van der Waals surface area contributed by atoms with Crippen LogP contribution in [-0.4, -0.2) is 35.8 Å². The second kappa shape index (κ2) is 5.41. The van der Waals surface area contributed by atoms with Gasteiger partial charge < -0.3 is 10.4 Å². The van der Waals surface area contributed by atoms with Crippen LogP contribution in [0, 0.1) is 0 Å². The number of rotatable bonds is 4. The van der Waals surface area contributed by atoms with E-state index in [1.165, 1.54) is 10.6 Å². The van der Waals surface area contributed by atoms with Gasteiger partial charge in [-0.2, -0.15) is 0 Å². The van der Waals surface area contributed by atoms with Crippen LogP contribution in [0.25, 0.3) is 5.65 Å². The standard InChI is InChI=1S/C12H11N7O2/c20-12(21)16-11-18-17-10-9(14-5-6-19(10)11)15-7-8-1-3-13-4-2-8/h1-6H,7H2,(H,14,15)(H,16,18)(H,20,21). The highest BCUT2D eigenvalue weighted by molar-refractivity contribution is 5.81.